The Morgan fingerprint density at radius 3 is 2.45 bits per heavy atom. The summed E-state index contributed by atoms with van der Waals surface area (Å²) in [6.45, 7) is 2.24. The summed E-state index contributed by atoms with van der Waals surface area (Å²) in [5.74, 6) is 0.454. The van der Waals surface area contributed by atoms with Crippen molar-refractivity contribution in [1.29, 1.82) is 0 Å². The second kappa shape index (κ2) is 10.0. The Hall–Kier alpha value is -3.46. The van der Waals surface area contributed by atoms with Gasteiger partial charge in [-0.1, -0.05) is 23.8 Å². The number of carbonyl (C=O) groups is 3. The molecular formula is C22H22N2O6S. The number of benzene rings is 2. The maximum atomic E-state index is 12.3. The lowest BCUT2D eigenvalue weighted by Gasteiger charge is -2.12. The molecular weight excluding hydrogens is 420 g/mol. The van der Waals surface area contributed by atoms with Crippen molar-refractivity contribution in [3.05, 3.63) is 58.5 Å². The Labute approximate surface area is 183 Å². The standard InChI is InChI=1S/C22H22N2O6S/c1-14-3-6-16(7-4-14)29-9-10-30-17-8-5-15(11-18(17)28-2)12-19-21(26)24(13-20(23)25)22(27)31-19/h3-8,11-12H,9-10,13H2,1-2H3,(H2,23,25)/b19-12-. The van der Waals surface area contributed by atoms with Gasteiger partial charge < -0.3 is 19.9 Å². The van der Waals surface area contributed by atoms with Crippen LogP contribution in [0.15, 0.2) is 47.4 Å². The van der Waals surface area contributed by atoms with Crippen LogP contribution in [-0.4, -0.2) is 48.8 Å². The minimum Gasteiger partial charge on any atom is -0.493 e. The number of nitrogens with two attached hydrogens (primary N) is 1. The molecule has 0 spiro atoms. The van der Waals surface area contributed by atoms with Crippen LogP contribution in [0.3, 0.4) is 0 Å². The normalized spacial score (nSPS) is 14.8. The van der Waals surface area contributed by atoms with E-state index in [0.29, 0.717) is 30.3 Å². The van der Waals surface area contributed by atoms with E-state index in [1.165, 1.54) is 7.11 Å². The number of ether oxygens (including phenoxy) is 3. The molecule has 0 aliphatic carbocycles. The fourth-order valence-electron chi connectivity index (χ4n) is 2.78. The summed E-state index contributed by atoms with van der Waals surface area (Å²) in [4.78, 5) is 36.3. The molecule has 0 saturated carbocycles. The van der Waals surface area contributed by atoms with E-state index >= 15 is 0 Å². The lowest BCUT2D eigenvalue weighted by molar-refractivity contribution is -0.127. The van der Waals surface area contributed by atoms with E-state index in [2.05, 4.69) is 0 Å². The van der Waals surface area contributed by atoms with Gasteiger partial charge in [-0.05, 0) is 54.6 Å². The van der Waals surface area contributed by atoms with Gasteiger partial charge in [0.25, 0.3) is 11.1 Å². The van der Waals surface area contributed by atoms with E-state index in [0.717, 1.165) is 28.0 Å². The molecule has 9 heteroatoms. The Bertz CT molecular complexity index is 1020. The molecule has 8 nitrogen and oxygen atoms in total. The van der Waals surface area contributed by atoms with Crippen molar-refractivity contribution in [2.45, 2.75) is 6.92 Å². The van der Waals surface area contributed by atoms with E-state index in [-0.39, 0.29) is 4.91 Å². The highest BCUT2D eigenvalue weighted by atomic mass is 32.2. The van der Waals surface area contributed by atoms with Gasteiger partial charge in [0, 0.05) is 0 Å². The molecule has 0 aromatic heterocycles. The molecule has 1 saturated heterocycles. The highest BCUT2D eigenvalue weighted by Crippen LogP contribution is 2.34. The predicted molar refractivity (Wildman–Crippen MR) is 117 cm³/mol. The number of amides is 3. The summed E-state index contributed by atoms with van der Waals surface area (Å²) in [7, 11) is 1.51. The molecule has 2 N–H and O–H groups in total. The van der Waals surface area contributed by atoms with Gasteiger partial charge in [-0.25, -0.2) is 0 Å². The molecule has 31 heavy (non-hydrogen) atoms. The molecule has 1 aliphatic rings. The average molecular weight is 442 g/mol. The van der Waals surface area contributed by atoms with Crippen molar-refractivity contribution >= 4 is 34.9 Å². The minimum atomic E-state index is -0.752. The number of hydrogen-bond donors (Lipinski definition) is 1. The van der Waals surface area contributed by atoms with Crippen molar-refractivity contribution in [3.63, 3.8) is 0 Å². The first-order valence-electron chi connectivity index (χ1n) is 9.41. The van der Waals surface area contributed by atoms with Crippen LogP contribution in [0.5, 0.6) is 17.2 Å². The molecule has 162 valence electrons. The van der Waals surface area contributed by atoms with Crippen molar-refractivity contribution in [2.75, 3.05) is 26.9 Å². The number of aryl methyl sites for hydroxylation is 1. The zero-order valence-electron chi connectivity index (χ0n) is 17.1. The van der Waals surface area contributed by atoms with Gasteiger partial charge in [-0.15, -0.1) is 0 Å². The molecule has 1 fully saturated rings. The molecule has 3 amide bonds. The topological polar surface area (TPSA) is 108 Å². The van der Waals surface area contributed by atoms with Crippen LogP contribution in [0.4, 0.5) is 4.79 Å². The number of carbonyl (C=O) groups excluding carboxylic acids is 3. The quantitative estimate of drug-likeness (QED) is 0.470. The second-order valence-electron chi connectivity index (χ2n) is 6.65. The third kappa shape index (κ3) is 5.79. The first kappa shape index (κ1) is 22.2. The van der Waals surface area contributed by atoms with Crippen LogP contribution in [0.2, 0.25) is 0 Å². The molecule has 1 aliphatic heterocycles. The van der Waals surface area contributed by atoms with E-state index in [1.807, 2.05) is 31.2 Å². The third-order valence-corrected chi connectivity index (χ3v) is 5.21. The van der Waals surface area contributed by atoms with Crippen molar-refractivity contribution in [1.82, 2.24) is 4.90 Å². The van der Waals surface area contributed by atoms with Crippen LogP contribution in [-0.2, 0) is 9.59 Å². The molecule has 2 aromatic rings. The van der Waals surface area contributed by atoms with Crippen LogP contribution in [0, 0.1) is 6.92 Å². The summed E-state index contributed by atoms with van der Waals surface area (Å²) >= 11 is 0.754. The van der Waals surface area contributed by atoms with Crippen LogP contribution in [0.1, 0.15) is 11.1 Å². The number of nitrogens with zero attached hydrogens (tertiary/aromatic N) is 1. The first-order valence-corrected chi connectivity index (χ1v) is 10.2. The molecule has 3 rings (SSSR count). The van der Waals surface area contributed by atoms with Crippen molar-refractivity contribution in [2.24, 2.45) is 5.73 Å². The van der Waals surface area contributed by atoms with Gasteiger partial charge in [0.15, 0.2) is 11.5 Å². The molecule has 1 heterocycles. The van der Waals surface area contributed by atoms with E-state index in [1.54, 1.807) is 24.3 Å². The van der Waals surface area contributed by atoms with E-state index < -0.39 is 23.6 Å². The molecule has 0 unspecified atom stereocenters. The second-order valence-corrected chi connectivity index (χ2v) is 7.65. The Morgan fingerprint density at radius 1 is 1.06 bits per heavy atom. The van der Waals surface area contributed by atoms with Crippen molar-refractivity contribution in [3.8, 4) is 17.2 Å². The van der Waals surface area contributed by atoms with Crippen LogP contribution in [0.25, 0.3) is 6.08 Å². The summed E-state index contributed by atoms with van der Waals surface area (Å²) in [5.41, 5.74) is 6.89. The zero-order chi connectivity index (χ0) is 22.4. The van der Waals surface area contributed by atoms with Gasteiger partial charge in [0.2, 0.25) is 5.91 Å². The van der Waals surface area contributed by atoms with E-state index in [4.69, 9.17) is 19.9 Å². The van der Waals surface area contributed by atoms with Crippen LogP contribution < -0.4 is 19.9 Å². The monoisotopic (exact) mass is 442 g/mol. The fraction of sp³-hybridized carbons (Fsp3) is 0.227. The summed E-state index contributed by atoms with van der Waals surface area (Å²) in [6, 6.07) is 12.9. The number of thioether (sulfide) groups is 1. The number of imide groups is 1. The number of hydrogen-bond acceptors (Lipinski definition) is 7. The number of methoxy groups -OCH3 is 1. The van der Waals surface area contributed by atoms with Gasteiger partial charge in [0.1, 0.15) is 25.5 Å². The van der Waals surface area contributed by atoms with Crippen LogP contribution >= 0.6 is 11.8 Å². The largest absolute Gasteiger partial charge is 0.493 e. The third-order valence-electron chi connectivity index (χ3n) is 4.30. The van der Waals surface area contributed by atoms with Gasteiger partial charge in [-0.3, -0.25) is 19.3 Å². The average Bonchev–Trinajstić information content (AvgIpc) is 3.00. The fourth-order valence-corrected chi connectivity index (χ4v) is 3.62. The number of primary amides is 1. The summed E-state index contributed by atoms with van der Waals surface area (Å²) in [5, 5.41) is -0.532. The lowest BCUT2D eigenvalue weighted by Crippen LogP contribution is -2.36. The zero-order valence-corrected chi connectivity index (χ0v) is 17.9. The maximum absolute atomic E-state index is 12.3. The smallest absolute Gasteiger partial charge is 0.294 e. The lowest BCUT2D eigenvalue weighted by atomic mass is 10.2. The molecule has 0 bridgehead atoms. The highest BCUT2D eigenvalue weighted by Gasteiger charge is 2.35. The van der Waals surface area contributed by atoms with Gasteiger partial charge in [0.05, 0.1) is 12.0 Å². The minimum absolute atomic E-state index is 0.202. The summed E-state index contributed by atoms with van der Waals surface area (Å²) < 4.78 is 16.8. The SMILES string of the molecule is COc1cc(/C=C2\SC(=O)N(CC(N)=O)C2=O)ccc1OCCOc1ccc(C)cc1. The number of rotatable bonds is 9. The highest BCUT2D eigenvalue weighted by molar-refractivity contribution is 8.18. The molecule has 0 radical (unpaired) electrons. The van der Waals surface area contributed by atoms with Crippen molar-refractivity contribution < 1.29 is 28.6 Å². The van der Waals surface area contributed by atoms with Gasteiger partial charge in [-0.2, -0.15) is 0 Å². The van der Waals surface area contributed by atoms with Gasteiger partial charge >= 0.3 is 0 Å². The predicted octanol–water partition coefficient (Wildman–Crippen LogP) is 2.98. The first-order chi connectivity index (χ1) is 14.9. The Morgan fingerprint density at radius 2 is 1.77 bits per heavy atom. The molecule has 2 aromatic carbocycles. The molecule has 0 atom stereocenters. The Balaban J connectivity index is 1.62. The Kier molecular flexibility index (Phi) is 7.19. The van der Waals surface area contributed by atoms with E-state index in [9.17, 15) is 14.4 Å². The maximum Gasteiger partial charge on any atom is 0.294 e. The summed E-state index contributed by atoms with van der Waals surface area (Å²) in [6.07, 6.45) is 1.55.